The number of hydrogen-bond acceptors (Lipinski definition) is 4. The molecule has 5 N–H and O–H groups in total. The van der Waals surface area contributed by atoms with Crippen molar-refractivity contribution in [3.8, 4) is 0 Å². The quantitative estimate of drug-likeness (QED) is 0.495. The van der Waals surface area contributed by atoms with Crippen LogP contribution >= 0.6 is 0 Å². The van der Waals surface area contributed by atoms with Gasteiger partial charge in [0, 0.05) is 18.4 Å². The highest BCUT2D eigenvalue weighted by atomic mass is 16.2. The third-order valence-corrected chi connectivity index (χ3v) is 4.65. The molecule has 7 heteroatoms. The molecule has 3 aromatic rings. The van der Waals surface area contributed by atoms with Gasteiger partial charge in [0.15, 0.2) is 0 Å². The van der Waals surface area contributed by atoms with E-state index in [9.17, 15) is 9.59 Å². The molecular weight excluding hydrogens is 366 g/mol. The summed E-state index contributed by atoms with van der Waals surface area (Å²) in [6.45, 7) is 3.80. The normalized spacial score (nSPS) is 11.7. The first-order chi connectivity index (χ1) is 13.9. The zero-order chi connectivity index (χ0) is 20.8. The van der Waals surface area contributed by atoms with Crippen LogP contribution in [0.15, 0.2) is 54.7 Å². The van der Waals surface area contributed by atoms with E-state index in [1.807, 2.05) is 49.5 Å². The second kappa shape index (κ2) is 9.05. The van der Waals surface area contributed by atoms with Crippen LogP contribution in [0.25, 0.3) is 0 Å². The predicted octanol–water partition coefficient (Wildman–Crippen LogP) is 2.33. The van der Waals surface area contributed by atoms with Gasteiger partial charge < -0.3 is 21.4 Å². The van der Waals surface area contributed by atoms with Gasteiger partial charge in [-0.25, -0.2) is 4.98 Å². The number of nitrogens with zero attached hydrogens (tertiary/aromatic N) is 1. The van der Waals surface area contributed by atoms with Crippen molar-refractivity contribution in [3.05, 3.63) is 82.8 Å². The summed E-state index contributed by atoms with van der Waals surface area (Å²) in [5.41, 5.74) is 9.87. The van der Waals surface area contributed by atoms with E-state index in [1.165, 1.54) is 5.56 Å². The fraction of sp³-hybridized carbons (Fsp3) is 0.227. The maximum atomic E-state index is 12.4. The van der Waals surface area contributed by atoms with Crippen molar-refractivity contribution in [2.24, 2.45) is 0 Å². The first-order valence-electron chi connectivity index (χ1n) is 9.44. The van der Waals surface area contributed by atoms with Crippen molar-refractivity contribution in [1.29, 1.82) is 0 Å². The van der Waals surface area contributed by atoms with E-state index in [0.29, 0.717) is 18.1 Å². The molecule has 0 radical (unpaired) electrons. The van der Waals surface area contributed by atoms with Crippen LogP contribution in [0, 0.1) is 6.92 Å². The van der Waals surface area contributed by atoms with E-state index in [1.54, 1.807) is 19.1 Å². The number of nitrogens with one attached hydrogen (secondary N) is 3. The molecule has 2 heterocycles. The fourth-order valence-electron chi connectivity index (χ4n) is 2.98. The number of aromatic amines is 1. The van der Waals surface area contributed by atoms with Gasteiger partial charge in [-0.2, -0.15) is 0 Å². The molecule has 1 aromatic carbocycles. The SMILES string of the molecule is Cc1nc(N)ccc1CNC(=O)[C@H](C)NC(=O)c1cc(Cc2ccccc2)c[nH]1. The van der Waals surface area contributed by atoms with E-state index in [-0.39, 0.29) is 11.8 Å². The average Bonchev–Trinajstić information content (AvgIpc) is 3.16. The van der Waals surface area contributed by atoms with Crippen LogP contribution < -0.4 is 16.4 Å². The fourth-order valence-corrected chi connectivity index (χ4v) is 2.98. The van der Waals surface area contributed by atoms with Gasteiger partial charge in [-0.05, 0) is 49.1 Å². The van der Waals surface area contributed by atoms with Crippen molar-refractivity contribution < 1.29 is 9.59 Å². The third-order valence-electron chi connectivity index (χ3n) is 4.65. The number of aromatic nitrogens is 2. The molecule has 0 aliphatic heterocycles. The van der Waals surface area contributed by atoms with E-state index < -0.39 is 6.04 Å². The number of pyridine rings is 1. The van der Waals surface area contributed by atoms with Gasteiger partial charge in [0.05, 0.1) is 0 Å². The Labute approximate surface area is 169 Å². The van der Waals surface area contributed by atoms with E-state index in [4.69, 9.17) is 5.73 Å². The summed E-state index contributed by atoms with van der Waals surface area (Å²) < 4.78 is 0. The van der Waals surface area contributed by atoms with Gasteiger partial charge in [0.2, 0.25) is 5.91 Å². The molecule has 0 bridgehead atoms. The van der Waals surface area contributed by atoms with Crippen LogP contribution in [0.4, 0.5) is 5.82 Å². The molecule has 1 atom stereocenters. The number of nitrogen functional groups attached to an aromatic ring is 1. The van der Waals surface area contributed by atoms with Crippen molar-refractivity contribution in [2.75, 3.05) is 5.73 Å². The molecule has 0 aliphatic rings. The first kappa shape index (κ1) is 20.1. The van der Waals surface area contributed by atoms with E-state index >= 15 is 0 Å². The van der Waals surface area contributed by atoms with Crippen LogP contribution in [-0.4, -0.2) is 27.8 Å². The molecule has 0 unspecified atom stereocenters. The summed E-state index contributed by atoms with van der Waals surface area (Å²) in [7, 11) is 0. The van der Waals surface area contributed by atoms with Crippen molar-refractivity contribution in [3.63, 3.8) is 0 Å². The average molecular weight is 391 g/mol. The second-order valence-electron chi connectivity index (χ2n) is 6.98. The van der Waals surface area contributed by atoms with Gasteiger partial charge in [0.25, 0.3) is 5.91 Å². The Kier molecular flexibility index (Phi) is 6.29. The lowest BCUT2D eigenvalue weighted by Gasteiger charge is -2.14. The van der Waals surface area contributed by atoms with E-state index in [2.05, 4.69) is 20.6 Å². The number of H-pyrrole nitrogens is 1. The van der Waals surface area contributed by atoms with Gasteiger partial charge >= 0.3 is 0 Å². The standard InChI is InChI=1S/C22H25N5O2/c1-14-18(8-9-20(23)26-14)13-25-21(28)15(2)27-22(29)19-11-17(12-24-19)10-16-6-4-3-5-7-16/h3-9,11-12,15,24H,10,13H2,1-2H3,(H2,23,26)(H,25,28)(H,27,29)/t15-/m0/s1. The number of carbonyl (C=O) groups excluding carboxylic acids is 2. The molecule has 0 fully saturated rings. The van der Waals surface area contributed by atoms with Crippen LogP contribution in [-0.2, 0) is 17.8 Å². The minimum Gasteiger partial charge on any atom is -0.384 e. The smallest absolute Gasteiger partial charge is 0.268 e. The minimum absolute atomic E-state index is 0.273. The molecule has 150 valence electrons. The summed E-state index contributed by atoms with van der Waals surface area (Å²) in [6, 6.07) is 14.7. The van der Waals surface area contributed by atoms with Crippen LogP contribution in [0.1, 0.15) is 39.8 Å². The Bertz CT molecular complexity index is 997. The van der Waals surface area contributed by atoms with Gasteiger partial charge in [0.1, 0.15) is 17.6 Å². The molecule has 2 aromatic heterocycles. The lowest BCUT2D eigenvalue weighted by molar-refractivity contribution is -0.122. The Morgan fingerprint density at radius 3 is 2.62 bits per heavy atom. The zero-order valence-electron chi connectivity index (χ0n) is 16.5. The van der Waals surface area contributed by atoms with Crippen molar-refractivity contribution in [1.82, 2.24) is 20.6 Å². The van der Waals surface area contributed by atoms with Crippen molar-refractivity contribution in [2.45, 2.75) is 32.9 Å². The molecular formula is C22H25N5O2. The summed E-state index contributed by atoms with van der Waals surface area (Å²) in [6.07, 6.45) is 2.54. The third kappa shape index (κ3) is 5.44. The summed E-state index contributed by atoms with van der Waals surface area (Å²) >= 11 is 0. The number of benzene rings is 1. The molecule has 2 amide bonds. The molecule has 0 aliphatic carbocycles. The summed E-state index contributed by atoms with van der Waals surface area (Å²) in [5.74, 6) is -0.154. The van der Waals surface area contributed by atoms with Gasteiger partial charge in [-0.3, -0.25) is 9.59 Å². The second-order valence-corrected chi connectivity index (χ2v) is 6.98. The van der Waals surface area contributed by atoms with Gasteiger partial charge in [-0.15, -0.1) is 0 Å². The number of hydrogen-bond donors (Lipinski definition) is 4. The maximum absolute atomic E-state index is 12.4. The van der Waals surface area contributed by atoms with Crippen molar-refractivity contribution >= 4 is 17.6 Å². The Morgan fingerprint density at radius 2 is 1.90 bits per heavy atom. The van der Waals surface area contributed by atoms with Crippen LogP contribution in [0.5, 0.6) is 0 Å². The number of amides is 2. The minimum atomic E-state index is -0.676. The molecule has 0 spiro atoms. The molecule has 3 rings (SSSR count). The summed E-state index contributed by atoms with van der Waals surface area (Å²) in [4.78, 5) is 31.9. The maximum Gasteiger partial charge on any atom is 0.268 e. The number of nitrogens with two attached hydrogens (primary N) is 1. The number of aryl methyl sites for hydroxylation is 1. The number of anilines is 1. The molecule has 0 saturated heterocycles. The van der Waals surface area contributed by atoms with Crippen LogP contribution in [0.2, 0.25) is 0 Å². The predicted molar refractivity (Wildman–Crippen MR) is 112 cm³/mol. The Balaban J connectivity index is 1.52. The molecule has 0 saturated carbocycles. The van der Waals surface area contributed by atoms with Crippen LogP contribution in [0.3, 0.4) is 0 Å². The number of rotatable bonds is 7. The first-order valence-corrected chi connectivity index (χ1v) is 9.44. The highest BCUT2D eigenvalue weighted by Crippen LogP contribution is 2.11. The molecule has 7 nitrogen and oxygen atoms in total. The Morgan fingerprint density at radius 1 is 1.14 bits per heavy atom. The zero-order valence-corrected chi connectivity index (χ0v) is 16.5. The number of carbonyl (C=O) groups is 2. The monoisotopic (exact) mass is 391 g/mol. The topological polar surface area (TPSA) is 113 Å². The van der Waals surface area contributed by atoms with Gasteiger partial charge in [-0.1, -0.05) is 36.4 Å². The Hall–Kier alpha value is -3.61. The lowest BCUT2D eigenvalue weighted by atomic mass is 10.1. The highest BCUT2D eigenvalue weighted by molar-refractivity contribution is 5.96. The van der Waals surface area contributed by atoms with E-state index in [0.717, 1.165) is 23.2 Å². The highest BCUT2D eigenvalue weighted by Gasteiger charge is 2.18. The lowest BCUT2D eigenvalue weighted by Crippen LogP contribution is -2.44. The summed E-state index contributed by atoms with van der Waals surface area (Å²) in [5, 5.41) is 5.52. The largest absolute Gasteiger partial charge is 0.384 e. The molecule has 29 heavy (non-hydrogen) atoms.